The van der Waals surface area contributed by atoms with Crippen LogP contribution in [0, 0.1) is 23.7 Å². The minimum atomic E-state index is -1.11. The van der Waals surface area contributed by atoms with E-state index in [1.807, 2.05) is 6.07 Å². The maximum Gasteiger partial charge on any atom is 0.255 e. The van der Waals surface area contributed by atoms with Crippen molar-refractivity contribution in [1.82, 2.24) is 4.90 Å². The molecule has 4 atom stereocenters. The monoisotopic (exact) mass is 530 g/mol. The van der Waals surface area contributed by atoms with Crippen molar-refractivity contribution in [2.75, 3.05) is 19.6 Å². The van der Waals surface area contributed by atoms with Crippen LogP contribution in [0.5, 0.6) is 5.75 Å². The number of rotatable bonds is 4. The number of likely N-dealkylation sites (tertiary alicyclic amines) is 1. The van der Waals surface area contributed by atoms with Crippen molar-refractivity contribution in [3.05, 3.63) is 63.5 Å². The van der Waals surface area contributed by atoms with Gasteiger partial charge in [0.1, 0.15) is 22.8 Å². The van der Waals surface area contributed by atoms with Gasteiger partial charge in [-0.15, -0.1) is 0 Å². The molecule has 39 heavy (non-hydrogen) atoms. The second-order valence-corrected chi connectivity index (χ2v) is 11.8. The summed E-state index contributed by atoms with van der Waals surface area (Å²) in [5, 5.41) is 32.9. The number of benzene rings is 1. The summed E-state index contributed by atoms with van der Waals surface area (Å²) < 4.78 is 0. The molecule has 4 aliphatic carbocycles. The summed E-state index contributed by atoms with van der Waals surface area (Å²) in [5.41, 5.74) is 9.44. The van der Waals surface area contributed by atoms with Crippen LogP contribution in [0.2, 0.25) is 0 Å². The lowest BCUT2D eigenvalue weighted by molar-refractivity contribution is -0.127. The maximum absolute atomic E-state index is 13.6. The number of aliphatic hydroxyl groups excluding tert-OH is 2. The molecule has 1 heterocycles. The first-order valence-corrected chi connectivity index (χ1v) is 13.9. The summed E-state index contributed by atoms with van der Waals surface area (Å²) in [4.78, 5) is 40.5. The topological polar surface area (TPSA) is 141 Å². The van der Waals surface area contributed by atoms with Crippen LogP contribution in [0.1, 0.15) is 55.7 Å². The third-order valence-corrected chi connectivity index (χ3v) is 9.38. The van der Waals surface area contributed by atoms with Gasteiger partial charge < -0.3 is 21.1 Å². The van der Waals surface area contributed by atoms with Crippen molar-refractivity contribution in [2.24, 2.45) is 29.4 Å². The number of Topliss-reactive ketones (excluding diaryl/α,β-unsaturated/α-hetero) is 2. The molecule has 204 valence electrons. The van der Waals surface area contributed by atoms with Gasteiger partial charge in [-0.2, -0.15) is 0 Å². The van der Waals surface area contributed by atoms with Crippen molar-refractivity contribution in [1.29, 1.82) is 0 Å². The fourth-order valence-corrected chi connectivity index (χ4v) is 7.45. The number of hydrogen-bond acceptors (Lipinski definition) is 7. The number of amides is 1. The smallest absolute Gasteiger partial charge is 0.255 e. The minimum absolute atomic E-state index is 0.0592. The molecule has 4 unspecified atom stereocenters. The largest absolute Gasteiger partial charge is 0.511 e. The van der Waals surface area contributed by atoms with E-state index in [0.29, 0.717) is 18.8 Å². The number of phenolic OH excluding ortho intramolecular Hbond substituents is 1. The van der Waals surface area contributed by atoms with Crippen molar-refractivity contribution in [3.63, 3.8) is 0 Å². The molecule has 6 rings (SSSR count). The Bertz CT molecular complexity index is 1420. The van der Waals surface area contributed by atoms with Crippen molar-refractivity contribution < 1.29 is 29.7 Å². The highest BCUT2D eigenvalue weighted by Crippen LogP contribution is 2.51. The highest BCUT2D eigenvalue weighted by atomic mass is 16.3. The first-order chi connectivity index (χ1) is 18.7. The van der Waals surface area contributed by atoms with Crippen LogP contribution < -0.4 is 5.73 Å². The number of ketones is 2. The molecule has 1 saturated carbocycles. The number of aliphatic hydroxyl groups is 2. The third-order valence-electron chi connectivity index (χ3n) is 9.38. The molecule has 1 aliphatic heterocycles. The highest BCUT2D eigenvalue weighted by Gasteiger charge is 2.51. The molecule has 5 aliphatic rings. The van der Waals surface area contributed by atoms with Crippen LogP contribution in [0.3, 0.4) is 0 Å². The van der Waals surface area contributed by atoms with Crippen molar-refractivity contribution in [2.45, 2.75) is 45.4 Å². The van der Waals surface area contributed by atoms with E-state index in [2.05, 4.69) is 24.0 Å². The summed E-state index contributed by atoms with van der Waals surface area (Å²) in [6.07, 6.45) is 8.45. The van der Waals surface area contributed by atoms with E-state index < -0.39 is 40.6 Å². The highest BCUT2D eigenvalue weighted by molar-refractivity contribution is 6.21. The van der Waals surface area contributed by atoms with Crippen LogP contribution in [-0.2, 0) is 20.8 Å². The normalized spacial score (nSPS) is 29.1. The summed E-state index contributed by atoms with van der Waals surface area (Å²) >= 11 is 0. The minimum Gasteiger partial charge on any atom is -0.511 e. The Balaban J connectivity index is 1.39. The SMILES string of the molecule is CC1CC(c2ccc(O)c3c2CC2CC4CC(=O)C(C(N)=O)=C(O)C4C(=O)C2=C3O)=CC=C1CN1CCCC1. The number of carbonyl (C=O) groups excluding carboxylic acids is 3. The number of carbonyl (C=O) groups is 3. The zero-order valence-corrected chi connectivity index (χ0v) is 22.1. The van der Waals surface area contributed by atoms with E-state index in [9.17, 15) is 29.7 Å². The third kappa shape index (κ3) is 4.13. The van der Waals surface area contributed by atoms with Crippen LogP contribution in [-0.4, -0.2) is 57.3 Å². The van der Waals surface area contributed by atoms with Gasteiger partial charge in [0, 0.05) is 18.5 Å². The zero-order chi connectivity index (χ0) is 27.6. The summed E-state index contributed by atoms with van der Waals surface area (Å²) in [6.45, 7) is 5.50. The quantitative estimate of drug-likeness (QED) is 0.435. The molecule has 2 fully saturated rings. The van der Waals surface area contributed by atoms with E-state index in [4.69, 9.17) is 5.73 Å². The molecule has 0 radical (unpaired) electrons. The van der Waals surface area contributed by atoms with Crippen LogP contribution >= 0.6 is 0 Å². The van der Waals surface area contributed by atoms with Crippen LogP contribution in [0.4, 0.5) is 0 Å². The van der Waals surface area contributed by atoms with Crippen LogP contribution in [0.25, 0.3) is 11.3 Å². The van der Waals surface area contributed by atoms with Crippen LogP contribution in [0.15, 0.2) is 46.8 Å². The lowest BCUT2D eigenvalue weighted by Gasteiger charge is -2.41. The lowest BCUT2D eigenvalue weighted by Crippen LogP contribution is -2.44. The van der Waals surface area contributed by atoms with E-state index in [0.717, 1.165) is 42.8 Å². The first kappa shape index (κ1) is 25.6. The molecule has 0 aromatic heterocycles. The molecule has 0 bridgehead atoms. The number of nitrogens with two attached hydrogens (primary N) is 1. The average Bonchev–Trinajstić information content (AvgIpc) is 3.38. The number of primary amides is 1. The maximum atomic E-state index is 13.6. The van der Waals surface area contributed by atoms with Gasteiger partial charge in [0.25, 0.3) is 5.91 Å². The number of phenols is 1. The molecule has 1 aromatic carbocycles. The summed E-state index contributed by atoms with van der Waals surface area (Å²) in [7, 11) is 0. The number of nitrogens with zero attached hydrogens (tertiary/aromatic N) is 1. The summed E-state index contributed by atoms with van der Waals surface area (Å²) in [5.74, 6) is -4.74. The Labute approximate surface area is 227 Å². The Hall–Kier alpha value is -3.65. The predicted molar refractivity (Wildman–Crippen MR) is 145 cm³/mol. The predicted octanol–water partition coefficient (Wildman–Crippen LogP) is 3.75. The van der Waals surface area contributed by atoms with Gasteiger partial charge in [-0.1, -0.05) is 30.7 Å². The van der Waals surface area contributed by atoms with Gasteiger partial charge in [-0.05, 0) is 85.7 Å². The van der Waals surface area contributed by atoms with Gasteiger partial charge in [-0.3, -0.25) is 19.3 Å². The lowest BCUT2D eigenvalue weighted by atomic mass is 9.61. The molecular weight excluding hydrogens is 496 g/mol. The molecule has 5 N–H and O–H groups in total. The van der Waals surface area contributed by atoms with Gasteiger partial charge in [0.2, 0.25) is 0 Å². The molecule has 1 amide bonds. The molecular formula is C31H34N2O6. The standard InChI is InChI=1S/C31H34N2O6/c1-15-10-16(4-5-17(15)14-33-8-2-3-9-33)20-6-7-22(34)26-21(20)12-18-11-19-13-23(35)27(31(32)39)30(38)25(19)28(36)24(18)29(26)37/h4-7,15,18-19,25,34,37-38H,2-3,8-14H2,1H3,(H2,32,39). The fraction of sp³-hybridized carbons (Fsp3) is 0.452. The summed E-state index contributed by atoms with van der Waals surface area (Å²) in [6, 6.07) is 3.44. The second kappa shape index (κ2) is 9.52. The van der Waals surface area contributed by atoms with E-state index in [1.165, 1.54) is 18.4 Å². The second-order valence-electron chi connectivity index (χ2n) is 11.8. The van der Waals surface area contributed by atoms with Gasteiger partial charge in [0.05, 0.1) is 11.5 Å². The number of fused-ring (bicyclic) bond motifs is 3. The van der Waals surface area contributed by atoms with Crippen molar-refractivity contribution in [3.8, 4) is 5.75 Å². The van der Waals surface area contributed by atoms with E-state index >= 15 is 0 Å². The molecule has 8 heteroatoms. The molecule has 8 nitrogen and oxygen atoms in total. The number of aromatic hydroxyl groups is 1. The average molecular weight is 531 g/mol. The molecule has 1 aromatic rings. The molecule has 0 spiro atoms. The van der Waals surface area contributed by atoms with Gasteiger partial charge in [0.15, 0.2) is 11.6 Å². The fourth-order valence-electron chi connectivity index (χ4n) is 7.45. The zero-order valence-electron chi connectivity index (χ0n) is 22.1. The Morgan fingerprint density at radius 1 is 1.05 bits per heavy atom. The first-order valence-electron chi connectivity index (χ1n) is 13.9. The van der Waals surface area contributed by atoms with E-state index in [-0.39, 0.29) is 35.0 Å². The van der Waals surface area contributed by atoms with Gasteiger partial charge in [-0.25, -0.2) is 0 Å². The Morgan fingerprint density at radius 3 is 2.49 bits per heavy atom. The van der Waals surface area contributed by atoms with Gasteiger partial charge >= 0.3 is 0 Å². The number of allylic oxidation sites excluding steroid dienone is 5. The Morgan fingerprint density at radius 2 is 1.79 bits per heavy atom. The number of hydrogen-bond donors (Lipinski definition) is 4. The van der Waals surface area contributed by atoms with E-state index in [1.54, 1.807) is 6.07 Å². The van der Waals surface area contributed by atoms with Crippen molar-refractivity contribution >= 4 is 28.8 Å². The molecule has 1 saturated heterocycles. The Kier molecular flexibility index (Phi) is 6.25.